The molecule has 108 valence electrons. The maximum Gasteiger partial charge on any atom is 0.293 e. The molecule has 2 rings (SSSR count). The molecule has 4 nitrogen and oxygen atoms in total. The second kappa shape index (κ2) is 6.76. The third-order valence-corrected chi connectivity index (χ3v) is 2.99. The lowest BCUT2D eigenvalue weighted by Gasteiger charge is -2.11. The van der Waals surface area contributed by atoms with Gasteiger partial charge >= 0.3 is 0 Å². The molecule has 21 heavy (non-hydrogen) atoms. The second-order valence-electron chi connectivity index (χ2n) is 5.32. The van der Waals surface area contributed by atoms with Crippen molar-refractivity contribution in [3.63, 3.8) is 0 Å². The van der Waals surface area contributed by atoms with Crippen molar-refractivity contribution in [2.75, 3.05) is 6.61 Å². The third-order valence-electron chi connectivity index (χ3n) is 2.99. The first kappa shape index (κ1) is 14.9. The highest BCUT2D eigenvalue weighted by Crippen LogP contribution is 2.08. The van der Waals surface area contributed by atoms with Crippen LogP contribution in [-0.4, -0.2) is 11.2 Å². The Kier molecular flexibility index (Phi) is 4.78. The summed E-state index contributed by atoms with van der Waals surface area (Å²) in [5.41, 5.74) is 1.44. The van der Waals surface area contributed by atoms with Crippen molar-refractivity contribution in [1.82, 2.24) is 4.57 Å². The Morgan fingerprint density at radius 3 is 2.57 bits per heavy atom. The van der Waals surface area contributed by atoms with E-state index in [4.69, 9.17) is 10.00 Å². The molecule has 0 N–H and O–H groups in total. The van der Waals surface area contributed by atoms with Gasteiger partial charge in [-0.05, 0) is 35.7 Å². The highest BCUT2D eigenvalue weighted by molar-refractivity contribution is 5.32. The summed E-state index contributed by atoms with van der Waals surface area (Å²) in [6.07, 6.45) is 1.74. The molecule has 0 aliphatic rings. The fraction of sp³-hybridized carbons (Fsp3) is 0.294. The Hall–Kier alpha value is -2.54. The quantitative estimate of drug-likeness (QED) is 0.847. The molecular formula is C17H18N2O2. The van der Waals surface area contributed by atoms with Crippen LogP contribution in [0, 0.1) is 17.2 Å². The number of nitrogens with zero attached hydrogens (tertiary/aromatic N) is 2. The summed E-state index contributed by atoms with van der Waals surface area (Å²) in [6, 6.07) is 12.8. The van der Waals surface area contributed by atoms with Crippen molar-refractivity contribution in [1.29, 1.82) is 5.26 Å². The van der Waals surface area contributed by atoms with Gasteiger partial charge in [-0.3, -0.25) is 4.79 Å². The number of ether oxygens (including phenoxy) is 1. The number of rotatable bonds is 5. The van der Waals surface area contributed by atoms with Crippen LogP contribution < -0.4 is 10.3 Å². The third kappa shape index (κ3) is 3.96. The van der Waals surface area contributed by atoms with Gasteiger partial charge in [0.2, 0.25) is 0 Å². The monoisotopic (exact) mass is 282 g/mol. The first-order valence-electron chi connectivity index (χ1n) is 6.91. The van der Waals surface area contributed by atoms with Crippen LogP contribution in [0.4, 0.5) is 0 Å². The maximum atomic E-state index is 12.3. The molecule has 0 aliphatic carbocycles. The van der Waals surface area contributed by atoms with E-state index in [9.17, 15) is 4.79 Å². The van der Waals surface area contributed by atoms with Gasteiger partial charge < -0.3 is 9.30 Å². The van der Waals surface area contributed by atoms with E-state index in [1.54, 1.807) is 35.0 Å². The zero-order chi connectivity index (χ0) is 15.2. The van der Waals surface area contributed by atoms with Crippen LogP contribution in [0.1, 0.15) is 25.0 Å². The number of nitriles is 1. The Morgan fingerprint density at radius 1 is 1.24 bits per heavy atom. The Labute approximate surface area is 124 Å². The Balaban J connectivity index is 2.18. The molecule has 0 spiro atoms. The molecule has 0 fully saturated rings. The lowest BCUT2D eigenvalue weighted by Crippen LogP contribution is -2.22. The summed E-state index contributed by atoms with van der Waals surface area (Å²) in [4.78, 5) is 12.3. The number of benzene rings is 1. The van der Waals surface area contributed by atoms with Crippen LogP contribution in [0.3, 0.4) is 0 Å². The lowest BCUT2D eigenvalue weighted by molar-refractivity contribution is 0.266. The van der Waals surface area contributed by atoms with E-state index >= 15 is 0 Å². The van der Waals surface area contributed by atoms with Gasteiger partial charge in [0.15, 0.2) is 5.75 Å². The van der Waals surface area contributed by atoms with Gasteiger partial charge in [0.25, 0.3) is 5.56 Å². The summed E-state index contributed by atoms with van der Waals surface area (Å²) < 4.78 is 7.14. The number of aromatic nitrogens is 1. The minimum absolute atomic E-state index is 0.137. The average Bonchev–Trinajstić information content (AvgIpc) is 2.49. The van der Waals surface area contributed by atoms with Gasteiger partial charge in [-0.2, -0.15) is 5.26 Å². The van der Waals surface area contributed by atoms with Gasteiger partial charge in [0.05, 0.1) is 24.8 Å². The molecular weight excluding hydrogens is 264 g/mol. The first-order valence-corrected chi connectivity index (χ1v) is 6.91. The molecule has 4 heteroatoms. The van der Waals surface area contributed by atoms with E-state index in [1.807, 2.05) is 26.0 Å². The van der Waals surface area contributed by atoms with Crippen molar-refractivity contribution in [2.45, 2.75) is 20.4 Å². The maximum absolute atomic E-state index is 12.3. The van der Waals surface area contributed by atoms with E-state index in [2.05, 4.69) is 6.07 Å². The van der Waals surface area contributed by atoms with Crippen molar-refractivity contribution in [3.8, 4) is 11.8 Å². The van der Waals surface area contributed by atoms with Gasteiger partial charge in [0, 0.05) is 6.20 Å². The van der Waals surface area contributed by atoms with Crippen LogP contribution in [0.2, 0.25) is 0 Å². The van der Waals surface area contributed by atoms with Crippen molar-refractivity contribution in [3.05, 3.63) is 64.1 Å². The standard InChI is InChI=1S/C17H18N2O2/c1-13(2)12-21-16-4-3-9-19(17(16)20)11-15-7-5-14(10-18)6-8-15/h3-9,13H,11-12H2,1-2H3. The lowest BCUT2D eigenvalue weighted by atomic mass is 10.1. The highest BCUT2D eigenvalue weighted by Gasteiger charge is 2.06. The second-order valence-corrected chi connectivity index (χ2v) is 5.32. The number of hydrogen-bond donors (Lipinski definition) is 0. The summed E-state index contributed by atoms with van der Waals surface area (Å²) >= 11 is 0. The molecule has 1 aromatic heterocycles. The molecule has 1 aromatic carbocycles. The van der Waals surface area contributed by atoms with Crippen LogP contribution >= 0.6 is 0 Å². The van der Waals surface area contributed by atoms with E-state index in [0.717, 1.165) is 5.56 Å². The van der Waals surface area contributed by atoms with Gasteiger partial charge in [0.1, 0.15) is 0 Å². The molecule has 0 radical (unpaired) electrons. The van der Waals surface area contributed by atoms with Crippen molar-refractivity contribution in [2.24, 2.45) is 5.92 Å². The molecule has 0 saturated heterocycles. The van der Waals surface area contributed by atoms with E-state index < -0.39 is 0 Å². The normalized spacial score (nSPS) is 10.4. The smallest absolute Gasteiger partial charge is 0.293 e. The number of pyridine rings is 1. The molecule has 1 heterocycles. The topological polar surface area (TPSA) is 55.0 Å². The summed E-state index contributed by atoms with van der Waals surface area (Å²) in [5, 5.41) is 8.78. The largest absolute Gasteiger partial charge is 0.488 e. The molecule has 0 atom stereocenters. The molecule has 0 unspecified atom stereocenters. The van der Waals surface area contributed by atoms with Gasteiger partial charge in [-0.15, -0.1) is 0 Å². The van der Waals surface area contributed by atoms with Crippen LogP contribution in [-0.2, 0) is 6.54 Å². The summed E-state index contributed by atoms with van der Waals surface area (Å²) in [7, 11) is 0. The minimum Gasteiger partial charge on any atom is -0.488 e. The summed E-state index contributed by atoms with van der Waals surface area (Å²) in [5.74, 6) is 0.747. The molecule has 2 aromatic rings. The molecule has 0 aliphatic heterocycles. The van der Waals surface area contributed by atoms with Gasteiger partial charge in [-0.25, -0.2) is 0 Å². The van der Waals surface area contributed by atoms with E-state index in [1.165, 1.54) is 0 Å². The first-order chi connectivity index (χ1) is 10.1. The van der Waals surface area contributed by atoms with E-state index in [-0.39, 0.29) is 5.56 Å². The predicted octanol–water partition coefficient (Wildman–Crippen LogP) is 2.80. The zero-order valence-corrected chi connectivity index (χ0v) is 12.2. The van der Waals surface area contributed by atoms with Crippen LogP contribution in [0.5, 0.6) is 5.75 Å². The van der Waals surface area contributed by atoms with Gasteiger partial charge in [-0.1, -0.05) is 26.0 Å². The SMILES string of the molecule is CC(C)COc1cccn(Cc2ccc(C#N)cc2)c1=O. The molecule has 0 saturated carbocycles. The minimum atomic E-state index is -0.137. The predicted molar refractivity (Wildman–Crippen MR) is 81.3 cm³/mol. The fourth-order valence-corrected chi connectivity index (χ4v) is 1.89. The van der Waals surface area contributed by atoms with Crippen LogP contribution in [0.15, 0.2) is 47.4 Å². The molecule has 0 amide bonds. The zero-order valence-electron chi connectivity index (χ0n) is 12.2. The fourth-order valence-electron chi connectivity index (χ4n) is 1.89. The Morgan fingerprint density at radius 2 is 1.95 bits per heavy atom. The van der Waals surface area contributed by atoms with Crippen LogP contribution in [0.25, 0.3) is 0 Å². The van der Waals surface area contributed by atoms with E-state index in [0.29, 0.717) is 30.4 Å². The Bertz CT molecular complexity index is 694. The summed E-state index contributed by atoms with van der Waals surface area (Å²) in [6.45, 7) is 5.07. The number of hydrogen-bond acceptors (Lipinski definition) is 3. The average molecular weight is 282 g/mol. The molecule has 0 bridgehead atoms. The van der Waals surface area contributed by atoms with Crippen molar-refractivity contribution >= 4 is 0 Å². The van der Waals surface area contributed by atoms with Crippen molar-refractivity contribution < 1.29 is 4.74 Å². The highest BCUT2D eigenvalue weighted by atomic mass is 16.5.